The van der Waals surface area contributed by atoms with Gasteiger partial charge in [0.1, 0.15) is 23.1 Å². The minimum absolute atomic E-state index is 0.281. The smallest absolute Gasteiger partial charge is 0.355 e. The Kier molecular flexibility index (Phi) is 3.35. The molecular formula is C11H18N2O3. The molecule has 1 aliphatic rings. The van der Waals surface area contributed by atoms with E-state index in [1.54, 1.807) is 20.8 Å². The number of nitrogens with zero attached hydrogens (tertiary/aromatic N) is 1. The number of carbonyl (C=O) groups is 2. The van der Waals surface area contributed by atoms with Crippen molar-refractivity contribution < 1.29 is 14.3 Å². The number of aldehydes is 1. The van der Waals surface area contributed by atoms with Crippen LogP contribution >= 0.6 is 0 Å². The highest BCUT2D eigenvalue weighted by Gasteiger charge is 2.38. The van der Waals surface area contributed by atoms with Crippen LogP contribution in [0.3, 0.4) is 0 Å². The lowest BCUT2D eigenvalue weighted by atomic mass is 9.93. The third-order valence-electron chi connectivity index (χ3n) is 2.39. The monoisotopic (exact) mass is 226 g/mol. The van der Waals surface area contributed by atoms with E-state index in [9.17, 15) is 9.59 Å². The number of hydrogen-bond acceptors (Lipinski definition) is 5. The zero-order valence-corrected chi connectivity index (χ0v) is 10.2. The molecule has 90 valence electrons. The molecule has 0 saturated carbocycles. The Morgan fingerprint density at radius 1 is 1.62 bits per heavy atom. The zero-order valence-electron chi connectivity index (χ0n) is 10.2. The molecule has 16 heavy (non-hydrogen) atoms. The highest BCUT2D eigenvalue weighted by molar-refractivity contribution is 6.37. The first-order chi connectivity index (χ1) is 7.32. The predicted molar refractivity (Wildman–Crippen MR) is 60.1 cm³/mol. The summed E-state index contributed by atoms with van der Waals surface area (Å²) in [5.74, 6) is -0.461. The van der Waals surface area contributed by atoms with Crippen LogP contribution in [0.5, 0.6) is 0 Å². The van der Waals surface area contributed by atoms with E-state index in [4.69, 9.17) is 4.74 Å². The van der Waals surface area contributed by atoms with Crippen molar-refractivity contribution in [1.82, 2.24) is 5.43 Å². The van der Waals surface area contributed by atoms with Crippen LogP contribution in [0.4, 0.5) is 0 Å². The Morgan fingerprint density at radius 2 is 2.25 bits per heavy atom. The van der Waals surface area contributed by atoms with Gasteiger partial charge in [-0.2, -0.15) is 5.10 Å². The van der Waals surface area contributed by atoms with Crippen molar-refractivity contribution in [3.63, 3.8) is 0 Å². The van der Waals surface area contributed by atoms with Crippen molar-refractivity contribution in [2.24, 2.45) is 5.10 Å². The maximum Gasteiger partial charge on any atom is 0.355 e. The number of hydrazone groups is 1. The quantitative estimate of drug-likeness (QED) is 0.576. The molecule has 0 aromatic heterocycles. The molecule has 0 fully saturated rings. The fourth-order valence-electron chi connectivity index (χ4n) is 1.37. The van der Waals surface area contributed by atoms with Crippen LogP contribution < -0.4 is 5.43 Å². The third-order valence-corrected chi connectivity index (χ3v) is 2.39. The van der Waals surface area contributed by atoms with Gasteiger partial charge in [-0.25, -0.2) is 4.79 Å². The molecule has 5 nitrogen and oxygen atoms in total. The molecule has 0 spiro atoms. The number of esters is 1. The average Bonchev–Trinajstić information content (AvgIpc) is 2.60. The molecule has 0 saturated heterocycles. The van der Waals surface area contributed by atoms with Crippen LogP contribution in [-0.4, -0.2) is 29.1 Å². The third kappa shape index (κ3) is 2.81. The van der Waals surface area contributed by atoms with E-state index in [2.05, 4.69) is 10.5 Å². The number of ether oxygens (including phenoxy) is 1. The Bertz CT molecular complexity index is 331. The summed E-state index contributed by atoms with van der Waals surface area (Å²) in [6.07, 6.45) is 1.68. The standard InChI is InChI=1S/C11H18N2O3/c1-5-11(7-14)6-8(12-13-11)9(15)16-10(2,3)4/h7,13H,5-6H2,1-4H3/t11-/m1/s1. The van der Waals surface area contributed by atoms with Crippen molar-refractivity contribution in [2.45, 2.75) is 51.7 Å². The van der Waals surface area contributed by atoms with Crippen LogP contribution in [0, 0.1) is 0 Å². The molecule has 0 aliphatic carbocycles. The van der Waals surface area contributed by atoms with Crippen molar-refractivity contribution in [2.75, 3.05) is 0 Å². The molecule has 1 N–H and O–H groups in total. The highest BCUT2D eigenvalue weighted by atomic mass is 16.6. The lowest BCUT2D eigenvalue weighted by molar-refractivity contribution is -0.146. The second-order valence-corrected chi connectivity index (χ2v) is 4.98. The van der Waals surface area contributed by atoms with Gasteiger partial charge in [0.25, 0.3) is 0 Å². The van der Waals surface area contributed by atoms with Gasteiger partial charge in [0.2, 0.25) is 0 Å². The summed E-state index contributed by atoms with van der Waals surface area (Å²) in [5, 5.41) is 3.88. The van der Waals surface area contributed by atoms with Gasteiger partial charge in [0, 0.05) is 6.42 Å². The second kappa shape index (κ2) is 4.23. The van der Waals surface area contributed by atoms with Crippen LogP contribution in [-0.2, 0) is 14.3 Å². The molecule has 1 atom stereocenters. The lowest BCUT2D eigenvalue weighted by Gasteiger charge is -2.20. The van der Waals surface area contributed by atoms with Gasteiger partial charge in [0.05, 0.1) is 0 Å². The normalized spacial score (nSPS) is 24.6. The van der Waals surface area contributed by atoms with Crippen LogP contribution in [0.2, 0.25) is 0 Å². The Labute approximate surface area is 95.2 Å². The molecule has 0 aromatic carbocycles. The minimum atomic E-state index is -0.730. The fourth-order valence-corrected chi connectivity index (χ4v) is 1.37. The molecule has 0 bridgehead atoms. The summed E-state index contributed by atoms with van der Waals surface area (Å²) in [5.41, 5.74) is 1.71. The summed E-state index contributed by atoms with van der Waals surface area (Å²) < 4.78 is 5.18. The van der Waals surface area contributed by atoms with Gasteiger partial charge >= 0.3 is 5.97 Å². The van der Waals surface area contributed by atoms with Crippen molar-refractivity contribution in [1.29, 1.82) is 0 Å². The predicted octanol–water partition coefficient (Wildman–Crippen LogP) is 1.03. The Morgan fingerprint density at radius 3 is 2.62 bits per heavy atom. The fraction of sp³-hybridized carbons (Fsp3) is 0.727. The van der Waals surface area contributed by atoms with Gasteiger partial charge in [-0.3, -0.25) is 5.43 Å². The molecular weight excluding hydrogens is 208 g/mol. The molecule has 1 aliphatic heterocycles. The van der Waals surface area contributed by atoms with Crippen LogP contribution in [0.1, 0.15) is 40.5 Å². The first kappa shape index (κ1) is 12.7. The van der Waals surface area contributed by atoms with E-state index in [-0.39, 0.29) is 5.71 Å². The van der Waals surface area contributed by atoms with Crippen LogP contribution in [0.15, 0.2) is 5.10 Å². The minimum Gasteiger partial charge on any atom is -0.455 e. The van der Waals surface area contributed by atoms with E-state index in [0.29, 0.717) is 12.8 Å². The molecule has 0 amide bonds. The first-order valence-electron chi connectivity index (χ1n) is 5.35. The highest BCUT2D eigenvalue weighted by Crippen LogP contribution is 2.20. The van der Waals surface area contributed by atoms with Crippen LogP contribution in [0.25, 0.3) is 0 Å². The van der Waals surface area contributed by atoms with Gasteiger partial charge in [-0.1, -0.05) is 6.92 Å². The SMILES string of the molecule is CC[C@]1(C=O)CC(C(=O)OC(C)(C)C)=NN1. The molecule has 0 aromatic rings. The summed E-state index contributed by atoms with van der Waals surface area (Å²) in [6.45, 7) is 7.25. The molecule has 1 heterocycles. The topological polar surface area (TPSA) is 67.8 Å². The van der Waals surface area contributed by atoms with E-state index >= 15 is 0 Å². The Hall–Kier alpha value is -1.39. The number of nitrogens with one attached hydrogen (secondary N) is 1. The lowest BCUT2D eigenvalue weighted by Crippen LogP contribution is -2.40. The van der Waals surface area contributed by atoms with Gasteiger partial charge in [0.15, 0.2) is 0 Å². The summed E-state index contributed by atoms with van der Waals surface area (Å²) >= 11 is 0. The van der Waals surface area contributed by atoms with Crippen molar-refractivity contribution in [3.8, 4) is 0 Å². The number of carbonyl (C=O) groups excluding carboxylic acids is 2. The zero-order chi connectivity index (χ0) is 12.4. The average molecular weight is 226 g/mol. The van der Waals surface area contributed by atoms with Crippen molar-refractivity contribution in [3.05, 3.63) is 0 Å². The molecule has 5 heteroatoms. The number of hydrogen-bond donors (Lipinski definition) is 1. The largest absolute Gasteiger partial charge is 0.455 e. The summed E-state index contributed by atoms with van der Waals surface area (Å²) in [7, 11) is 0. The summed E-state index contributed by atoms with van der Waals surface area (Å²) in [4.78, 5) is 22.6. The van der Waals surface area contributed by atoms with Gasteiger partial charge < -0.3 is 9.53 Å². The second-order valence-electron chi connectivity index (χ2n) is 4.98. The van der Waals surface area contributed by atoms with E-state index in [0.717, 1.165) is 6.29 Å². The molecule has 0 unspecified atom stereocenters. The van der Waals surface area contributed by atoms with Crippen molar-refractivity contribution >= 4 is 18.0 Å². The van der Waals surface area contributed by atoms with E-state index in [1.807, 2.05) is 6.92 Å². The summed E-state index contributed by atoms with van der Waals surface area (Å²) in [6, 6.07) is 0. The maximum absolute atomic E-state index is 11.7. The van der Waals surface area contributed by atoms with Gasteiger partial charge in [-0.15, -0.1) is 0 Å². The van der Waals surface area contributed by atoms with Gasteiger partial charge in [-0.05, 0) is 27.2 Å². The maximum atomic E-state index is 11.7. The molecule has 0 radical (unpaired) electrons. The molecule has 1 rings (SSSR count). The van der Waals surface area contributed by atoms with E-state index in [1.165, 1.54) is 0 Å². The number of rotatable bonds is 3. The first-order valence-corrected chi connectivity index (χ1v) is 5.35. The van der Waals surface area contributed by atoms with E-state index < -0.39 is 17.1 Å². The Balaban J connectivity index is 2.66.